The number of carbonyl (C=O) groups excluding carboxylic acids is 1. The van der Waals surface area contributed by atoms with Gasteiger partial charge in [-0.3, -0.25) is 0 Å². The molecule has 0 fully saturated rings. The van der Waals surface area contributed by atoms with Crippen molar-refractivity contribution in [3.05, 3.63) is 34.9 Å². The van der Waals surface area contributed by atoms with Crippen LogP contribution in [0.1, 0.15) is 21.5 Å². The molecule has 0 heterocycles. The van der Waals surface area contributed by atoms with Gasteiger partial charge in [0, 0.05) is 0 Å². The summed E-state index contributed by atoms with van der Waals surface area (Å²) in [5.74, 6) is -0.849. The molecule has 15 heavy (non-hydrogen) atoms. The molecule has 2 nitrogen and oxygen atoms in total. The summed E-state index contributed by atoms with van der Waals surface area (Å²) in [6, 6.07) is 3.35. The summed E-state index contributed by atoms with van der Waals surface area (Å²) >= 11 is 2.43. The molecule has 1 aromatic rings. The van der Waals surface area contributed by atoms with Gasteiger partial charge in [-0.15, -0.1) is 0 Å². The Morgan fingerprint density at radius 1 is 1.40 bits per heavy atom. The van der Waals surface area contributed by atoms with Crippen molar-refractivity contribution < 1.29 is 21.8 Å². The van der Waals surface area contributed by atoms with Crippen LogP contribution in [0, 0.1) is 6.92 Å². The third-order valence-electron chi connectivity index (χ3n) is 1.93. The summed E-state index contributed by atoms with van der Waals surface area (Å²) in [4.78, 5) is 11.1. The van der Waals surface area contributed by atoms with Crippen LogP contribution in [0.25, 0.3) is 0 Å². The standard InChI is InChI=1S/C9H6BrF3O2/c1-5-6(8(14)15-10)3-2-4-7(5)9(11,12)13/h2-4H,1H3. The van der Waals surface area contributed by atoms with Crippen molar-refractivity contribution in [3.63, 3.8) is 0 Å². The minimum atomic E-state index is -4.47. The van der Waals surface area contributed by atoms with Gasteiger partial charge in [0.25, 0.3) is 0 Å². The highest BCUT2D eigenvalue weighted by atomic mass is 79.9. The van der Waals surface area contributed by atoms with Gasteiger partial charge < -0.3 is 3.83 Å². The van der Waals surface area contributed by atoms with Crippen LogP contribution in [0.5, 0.6) is 0 Å². The van der Waals surface area contributed by atoms with E-state index in [2.05, 4.69) is 20.1 Å². The Bertz CT molecular complexity index is 387. The quantitative estimate of drug-likeness (QED) is 0.788. The molecular formula is C9H6BrF3O2. The topological polar surface area (TPSA) is 26.3 Å². The highest BCUT2D eigenvalue weighted by Gasteiger charge is 2.33. The second kappa shape index (κ2) is 4.22. The summed E-state index contributed by atoms with van der Waals surface area (Å²) in [5, 5.41) is 0. The van der Waals surface area contributed by atoms with Crippen LogP contribution >= 0.6 is 16.3 Å². The maximum absolute atomic E-state index is 12.4. The van der Waals surface area contributed by atoms with Crippen molar-refractivity contribution in [1.29, 1.82) is 0 Å². The Morgan fingerprint density at radius 3 is 2.47 bits per heavy atom. The zero-order chi connectivity index (χ0) is 11.6. The monoisotopic (exact) mass is 282 g/mol. The highest BCUT2D eigenvalue weighted by Crippen LogP contribution is 2.33. The third kappa shape index (κ3) is 2.50. The number of halogens is 4. The largest absolute Gasteiger partial charge is 0.416 e. The zero-order valence-electron chi connectivity index (χ0n) is 7.56. The van der Waals surface area contributed by atoms with Gasteiger partial charge in [0.15, 0.2) is 16.3 Å². The van der Waals surface area contributed by atoms with Crippen LogP contribution in [-0.2, 0) is 10.0 Å². The van der Waals surface area contributed by atoms with Gasteiger partial charge in [-0.2, -0.15) is 13.2 Å². The van der Waals surface area contributed by atoms with E-state index in [9.17, 15) is 18.0 Å². The normalized spacial score (nSPS) is 11.3. The van der Waals surface area contributed by atoms with Crippen molar-refractivity contribution in [2.24, 2.45) is 0 Å². The first kappa shape index (κ1) is 12.0. The lowest BCUT2D eigenvalue weighted by molar-refractivity contribution is -0.138. The SMILES string of the molecule is Cc1c(C(=O)OBr)cccc1C(F)(F)F. The maximum atomic E-state index is 12.4. The fraction of sp³-hybridized carbons (Fsp3) is 0.222. The number of hydrogen-bond donors (Lipinski definition) is 0. The second-order valence-electron chi connectivity index (χ2n) is 2.84. The molecule has 0 aliphatic rings. The smallest absolute Gasteiger partial charge is 0.380 e. The molecule has 1 rings (SSSR count). The Morgan fingerprint density at radius 2 is 2.00 bits per heavy atom. The van der Waals surface area contributed by atoms with E-state index in [-0.39, 0.29) is 11.1 Å². The fourth-order valence-corrected chi connectivity index (χ4v) is 1.38. The van der Waals surface area contributed by atoms with Gasteiger partial charge in [-0.1, -0.05) is 6.07 Å². The van der Waals surface area contributed by atoms with E-state index in [1.54, 1.807) is 0 Å². The van der Waals surface area contributed by atoms with E-state index in [4.69, 9.17) is 0 Å². The molecule has 0 radical (unpaired) electrons. The van der Waals surface area contributed by atoms with Crippen molar-refractivity contribution in [1.82, 2.24) is 0 Å². The maximum Gasteiger partial charge on any atom is 0.416 e. The van der Waals surface area contributed by atoms with Crippen molar-refractivity contribution in [2.45, 2.75) is 13.1 Å². The minimum Gasteiger partial charge on any atom is -0.380 e. The van der Waals surface area contributed by atoms with Gasteiger partial charge in [-0.05, 0) is 24.6 Å². The molecule has 0 spiro atoms. The summed E-state index contributed by atoms with van der Waals surface area (Å²) in [5.41, 5.74) is -1.09. The van der Waals surface area contributed by atoms with E-state index in [1.165, 1.54) is 13.0 Å². The van der Waals surface area contributed by atoms with Crippen LogP contribution in [-0.4, -0.2) is 5.97 Å². The van der Waals surface area contributed by atoms with Crippen LogP contribution in [0.15, 0.2) is 18.2 Å². The number of alkyl halides is 3. The predicted octanol–water partition coefficient (Wildman–Crippen LogP) is 3.48. The summed E-state index contributed by atoms with van der Waals surface area (Å²) in [7, 11) is 0. The van der Waals surface area contributed by atoms with Crippen molar-refractivity contribution in [2.75, 3.05) is 0 Å². The first-order valence-electron chi connectivity index (χ1n) is 3.87. The summed E-state index contributed by atoms with van der Waals surface area (Å²) in [6.45, 7) is 1.22. The molecule has 82 valence electrons. The van der Waals surface area contributed by atoms with E-state index in [0.717, 1.165) is 12.1 Å². The lowest BCUT2D eigenvalue weighted by atomic mass is 10.0. The zero-order valence-corrected chi connectivity index (χ0v) is 9.15. The van der Waals surface area contributed by atoms with E-state index < -0.39 is 17.7 Å². The van der Waals surface area contributed by atoms with Crippen molar-refractivity contribution >= 4 is 22.2 Å². The molecule has 1 aromatic carbocycles. The highest BCUT2D eigenvalue weighted by molar-refractivity contribution is 9.06. The molecule has 0 aliphatic heterocycles. The molecule has 6 heteroatoms. The van der Waals surface area contributed by atoms with Gasteiger partial charge in [0.05, 0.1) is 11.1 Å². The molecule has 0 bridgehead atoms. The number of rotatable bonds is 1. The van der Waals surface area contributed by atoms with E-state index >= 15 is 0 Å². The first-order valence-corrected chi connectivity index (χ1v) is 4.52. The molecule has 0 unspecified atom stereocenters. The molecular weight excluding hydrogens is 277 g/mol. The predicted molar refractivity (Wildman–Crippen MR) is 50.5 cm³/mol. The molecule has 0 saturated heterocycles. The van der Waals surface area contributed by atoms with E-state index in [0.29, 0.717) is 0 Å². The Kier molecular flexibility index (Phi) is 3.38. The Hall–Kier alpha value is -1.04. The molecule has 0 amide bonds. The number of carbonyl (C=O) groups is 1. The summed E-state index contributed by atoms with van der Waals surface area (Å²) in [6.07, 6.45) is -4.47. The van der Waals surface area contributed by atoms with E-state index in [1.807, 2.05) is 0 Å². The molecule has 0 N–H and O–H groups in total. The minimum absolute atomic E-state index is 0.110. The molecule has 0 aliphatic carbocycles. The number of hydrogen-bond acceptors (Lipinski definition) is 2. The second-order valence-corrected chi connectivity index (χ2v) is 3.16. The Labute approximate surface area is 92.5 Å². The molecule has 0 saturated carbocycles. The third-order valence-corrected chi connectivity index (χ3v) is 2.22. The molecule has 0 atom stereocenters. The van der Waals surface area contributed by atoms with Crippen LogP contribution in [0.4, 0.5) is 13.2 Å². The van der Waals surface area contributed by atoms with Gasteiger partial charge in [0.2, 0.25) is 0 Å². The molecule has 0 aromatic heterocycles. The van der Waals surface area contributed by atoms with Crippen LogP contribution in [0.2, 0.25) is 0 Å². The van der Waals surface area contributed by atoms with Gasteiger partial charge in [-0.25, -0.2) is 4.79 Å². The summed E-state index contributed by atoms with van der Waals surface area (Å²) < 4.78 is 41.5. The number of benzene rings is 1. The van der Waals surface area contributed by atoms with Crippen LogP contribution < -0.4 is 0 Å². The van der Waals surface area contributed by atoms with Gasteiger partial charge in [0.1, 0.15) is 0 Å². The fourth-order valence-electron chi connectivity index (χ4n) is 1.21. The Balaban J connectivity index is 3.30. The van der Waals surface area contributed by atoms with Crippen LogP contribution in [0.3, 0.4) is 0 Å². The lowest BCUT2D eigenvalue weighted by Crippen LogP contribution is -2.11. The van der Waals surface area contributed by atoms with Gasteiger partial charge >= 0.3 is 12.1 Å². The van der Waals surface area contributed by atoms with Crippen molar-refractivity contribution in [3.8, 4) is 0 Å². The lowest BCUT2D eigenvalue weighted by Gasteiger charge is -2.11. The average Bonchev–Trinajstić information content (AvgIpc) is 2.15. The first-order chi connectivity index (χ1) is 6.88. The average molecular weight is 283 g/mol.